The molecule has 0 fully saturated rings. The molecule has 0 spiro atoms. The lowest BCUT2D eigenvalue weighted by Crippen LogP contribution is -2.37. The summed E-state index contributed by atoms with van der Waals surface area (Å²) in [6, 6.07) is 19.4. The number of hydrogen-bond acceptors (Lipinski definition) is 4. The summed E-state index contributed by atoms with van der Waals surface area (Å²) < 4.78 is 25.5. The van der Waals surface area contributed by atoms with Gasteiger partial charge in [-0.15, -0.1) is 0 Å². The van der Waals surface area contributed by atoms with Gasteiger partial charge in [0.2, 0.25) is 15.9 Å². The molecule has 0 aromatic heterocycles. The summed E-state index contributed by atoms with van der Waals surface area (Å²) in [5.41, 5.74) is 1.22. The van der Waals surface area contributed by atoms with E-state index in [-0.39, 0.29) is 11.5 Å². The van der Waals surface area contributed by atoms with Crippen LogP contribution in [-0.2, 0) is 14.8 Å². The van der Waals surface area contributed by atoms with E-state index in [4.69, 9.17) is 0 Å². The summed E-state index contributed by atoms with van der Waals surface area (Å²) in [5, 5.41) is 4.74. The molecule has 0 saturated heterocycles. The van der Waals surface area contributed by atoms with Crippen molar-refractivity contribution in [1.82, 2.24) is 0 Å². The molecule has 144 valence electrons. The molecule has 0 unspecified atom stereocenters. The first-order valence-electron chi connectivity index (χ1n) is 8.61. The van der Waals surface area contributed by atoms with E-state index in [1.54, 1.807) is 24.3 Å². The zero-order valence-corrected chi connectivity index (χ0v) is 16.4. The molecule has 3 aromatic carbocycles. The summed E-state index contributed by atoms with van der Waals surface area (Å²) in [5.74, 6) is -0.662. The van der Waals surface area contributed by atoms with Crippen LogP contribution in [0.1, 0.15) is 17.3 Å². The van der Waals surface area contributed by atoms with Gasteiger partial charge in [-0.1, -0.05) is 42.5 Å². The molecule has 0 saturated carbocycles. The van der Waals surface area contributed by atoms with Crippen LogP contribution in [-0.4, -0.2) is 32.9 Å². The first-order valence-corrected chi connectivity index (χ1v) is 10.5. The van der Waals surface area contributed by atoms with Gasteiger partial charge in [0.05, 0.1) is 11.9 Å². The van der Waals surface area contributed by atoms with E-state index in [0.29, 0.717) is 11.3 Å². The van der Waals surface area contributed by atoms with Crippen LogP contribution in [0.4, 0.5) is 11.4 Å². The normalized spacial score (nSPS) is 11.2. The van der Waals surface area contributed by atoms with E-state index in [9.17, 15) is 18.0 Å². The van der Waals surface area contributed by atoms with Crippen molar-refractivity contribution in [3.8, 4) is 0 Å². The predicted octanol–water partition coefficient (Wildman–Crippen LogP) is 3.45. The van der Waals surface area contributed by atoms with Crippen molar-refractivity contribution in [2.45, 2.75) is 6.92 Å². The molecule has 1 N–H and O–H groups in total. The smallest absolute Gasteiger partial charge is 0.245 e. The van der Waals surface area contributed by atoms with Crippen LogP contribution in [0.5, 0.6) is 0 Å². The minimum Gasteiger partial charge on any atom is -0.324 e. The van der Waals surface area contributed by atoms with Crippen LogP contribution in [0.3, 0.4) is 0 Å². The minimum absolute atomic E-state index is 0.184. The fourth-order valence-electron chi connectivity index (χ4n) is 2.88. The van der Waals surface area contributed by atoms with E-state index >= 15 is 0 Å². The predicted molar refractivity (Wildman–Crippen MR) is 111 cm³/mol. The summed E-state index contributed by atoms with van der Waals surface area (Å²) in [4.78, 5) is 24.1. The van der Waals surface area contributed by atoms with Crippen LogP contribution < -0.4 is 9.62 Å². The van der Waals surface area contributed by atoms with Crippen molar-refractivity contribution in [1.29, 1.82) is 0 Å². The molecule has 7 heteroatoms. The lowest BCUT2D eigenvalue weighted by atomic mass is 10.1. The number of sulfonamides is 1. The van der Waals surface area contributed by atoms with Crippen LogP contribution in [0.2, 0.25) is 0 Å². The number of nitrogens with zero attached hydrogens (tertiary/aromatic N) is 1. The molecule has 0 aliphatic carbocycles. The maximum absolute atomic E-state index is 12.5. The highest BCUT2D eigenvalue weighted by molar-refractivity contribution is 7.92. The number of rotatable bonds is 6. The third-order valence-electron chi connectivity index (χ3n) is 4.26. The Labute approximate surface area is 163 Å². The van der Waals surface area contributed by atoms with Gasteiger partial charge in [-0.25, -0.2) is 8.42 Å². The Morgan fingerprint density at radius 2 is 1.64 bits per heavy atom. The molecule has 0 atom stereocenters. The van der Waals surface area contributed by atoms with E-state index in [0.717, 1.165) is 21.3 Å². The van der Waals surface area contributed by atoms with Gasteiger partial charge < -0.3 is 5.32 Å². The Bertz CT molecular complexity index is 1160. The van der Waals surface area contributed by atoms with Gasteiger partial charge in [-0.2, -0.15) is 0 Å². The fourth-order valence-corrected chi connectivity index (χ4v) is 3.73. The van der Waals surface area contributed by atoms with Gasteiger partial charge in [0.1, 0.15) is 6.54 Å². The van der Waals surface area contributed by atoms with E-state index in [1.807, 2.05) is 36.4 Å². The Morgan fingerprint density at radius 3 is 2.32 bits per heavy atom. The Hall–Kier alpha value is -3.19. The first-order chi connectivity index (χ1) is 13.2. The lowest BCUT2D eigenvalue weighted by molar-refractivity contribution is -0.114. The first kappa shape index (κ1) is 19.6. The SMILES string of the molecule is CC(=O)c1cccc(N(CC(=O)Nc2ccc3ccccc3c2)S(C)(=O)=O)c1. The molecule has 0 aliphatic heterocycles. The number of fused-ring (bicyclic) bond motifs is 1. The monoisotopic (exact) mass is 396 g/mol. The number of carbonyl (C=O) groups excluding carboxylic acids is 2. The van der Waals surface area contributed by atoms with Crippen molar-refractivity contribution in [2.75, 3.05) is 22.4 Å². The third kappa shape index (κ3) is 4.55. The number of Topliss-reactive ketones (excluding diaryl/α,β-unsaturated/α-hetero) is 1. The van der Waals surface area contributed by atoms with Crippen molar-refractivity contribution < 1.29 is 18.0 Å². The summed E-state index contributed by atoms with van der Waals surface area (Å²) in [7, 11) is -3.72. The second-order valence-electron chi connectivity index (χ2n) is 6.49. The van der Waals surface area contributed by atoms with Crippen LogP contribution in [0.25, 0.3) is 10.8 Å². The molecule has 0 heterocycles. The number of nitrogens with one attached hydrogen (secondary N) is 1. The zero-order valence-electron chi connectivity index (χ0n) is 15.5. The number of ketones is 1. The third-order valence-corrected chi connectivity index (χ3v) is 5.40. The molecule has 3 rings (SSSR count). The summed E-state index contributed by atoms with van der Waals surface area (Å²) in [6.45, 7) is 1.00. The molecule has 1 amide bonds. The summed E-state index contributed by atoms with van der Waals surface area (Å²) >= 11 is 0. The van der Waals surface area contributed by atoms with Crippen LogP contribution in [0.15, 0.2) is 66.7 Å². The van der Waals surface area contributed by atoms with E-state index in [1.165, 1.54) is 13.0 Å². The highest BCUT2D eigenvalue weighted by Gasteiger charge is 2.21. The van der Waals surface area contributed by atoms with Crippen LogP contribution >= 0.6 is 0 Å². The minimum atomic E-state index is -3.72. The standard InChI is InChI=1S/C21H20N2O4S/c1-15(24)17-8-5-9-20(13-17)23(28(2,26)27)14-21(25)22-19-11-10-16-6-3-4-7-18(16)12-19/h3-13H,14H2,1-2H3,(H,22,25). The average Bonchev–Trinajstić information content (AvgIpc) is 2.65. The molecule has 6 nitrogen and oxygen atoms in total. The van der Waals surface area contributed by atoms with Gasteiger partial charge in [-0.05, 0) is 42.0 Å². The Balaban J connectivity index is 1.83. The fraction of sp³-hybridized carbons (Fsp3) is 0.143. The second kappa shape index (κ2) is 7.82. The number of amides is 1. The topological polar surface area (TPSA) is 83.6 Å². The quantitative estimate of drug-likeness (QED) is 0.647. The van der Waals surface area contributed by atoms with Crippen LogP contribution in [0, 0.1) is 0 Å². The van der Waals surface area contributed by atoms with Gasteiger partial charge in [0.15, 0.2) is 5.78 Å². The molecule has 0 bridgehead atoms. The van der Waals surface area contributed by atoms with E-state index in [2.05, 4.69) is 5.32 Å². The average molecular weight is 396 g/mol. The number of carbonyl (C=O) groups is 2. The molecular weight excluding hydrogens is 376 g/mol. The molecule has 3 aromatic rings. The number of anilines is 2. The summed E-state index contributed by atoms with van der Waals surface area (Å²) in [6.07, 6.45) is 1.02. The molecular formula is C21H20N2O4S. The largest absolute Gasteiger partial charge is 0.324 e. The number of hydrogen-bond donors (Lipinski definition) is 1. The van der Waals surface area contributed by atoms with Crippen molar-refractivity contribution in [3.63, 3.8) is 0 Å². The van der Waals surface area contributed by atoms with Gasteiger partial charge in [0.25, 0.3) is 0 Å². The maximum Gasteiger partial charge on any atom is 0.245 e. The zero-order chi connectivity index (χ0) is 20.3. The molecule has 0 radical (unpaired) electrons. The van der Waals surface area contributed by atoms with Gasteiger partial charge in [-0.3, -0.25) is 13.9 Å². The van der Waals surface area contributed by atoms with Crippen molar-refractivity contribution in [2.24, 2.45) is 0 Å². The van der Waals surface area contributed by atoms with Crippen molar-refractivity contribution in [3.05, 3.63) is 72.3 Å². The molecule has 28 heavy (non-hydrogen) atoms. The Kier molecular flexibility index (Phi) is 5.46. The van der Waals surface area contributed by atoms with Gasteiger partial charge in [0, 0.05) is 11.3 Å². The highest BCUT2D eigenvalue weighted by atomic mass is 32.2. The molecule has 0 aliphatic rings. The number of benzene rings is 3. The lowest BCUT2D eigenvalue weighted by Gasteiger charge is -2.22. The van der Waals surface area contributed by atoms with E-state index < -0.39 is 22.5 Å². The Morgan fingerprint density at radius 1 is 0.929 bits per heavy atom. The second-order valence-corrected chi connectivity index (χ2v) is 8.39. The van der Waals surface area contributed by atoms with Gasteiger partial charge >= 0.3 is 0 Å². The maximum atomic E-state index is 12.5. The highest BCUT2D eigenvalue weighted by Crippen LogP contribution is 2.21. The van der Waals surface area contributed by atoms with Crippen molar-refractivity contribution >= 4 is 43.9 Å².